The fourth-order valence-corrected chi connectivity index (χ4v) is 4.08. The molecule has 1 heterocycles. The molecule has 2 aromatic rings. The highest BCUT2D eigenvalue weighted by Crippen LogP contribution is 2.27. The maximum absolute atomic E-state index is 12.6. The molecule has 1 aliphatic rings. The van der Waals surface area contributed by atoms with Crippen LogP contribution in [-0.4, -0.2) is 26.8 Å². The lowest BCUT2D eigenvalue weighted by atomic mass is 10.1. The Kier molecular flexibility index (Phi) is 5.53. The summed E-state index contributed by atoms with van der Waals surface area (Å²) in [5, 5.41) is 7.91. The standard InChI is InChI=1S/C20H23N3O4S/c1-3-14-5-8-17(9-6-14)23-12-15(10-19(23)24)20(25)22-16-7-4-13(2)18(11-16)28(21,26)27/h4-9,11,15H,3,10,12H2,1-2H3,(H,22,25)(H2,21,26,27)/t15-/m0/s1. The summed E-state index contributed by atoms with van der Waals surface area (Å²) in [6, 6.07) is 12.2. The molecule has 7 nitrogen and oxygen atoms in total. The third kappa shape index (κ3) is 4.23. The number of rotatable bonds is 5. The molecule has 0 bridgehead atoms. The van der Waals surface area contributed by atoms with Crippen LogP contribution in [0.15, 0.2) is 47.4 Å². The number of amides is 2. The summed E-state index contributed by atoms with van der Waals surface area (Å²) in [4.78, 5) is 26.6. The largest absolute Gasteiger partial charge is 0.326 e. The number of sulfonamides is 1. The number of nitrogens with zero attached hydrogens (tertiary/aromatic N) is 1. The molecule has 0 spiro atoms. The van der Waals surface area contributed by atoms with E-state index in [1.807, 2.05) is 24.3 Å². The molecule has 0 aromatic heterocycles. The predicted octanol–water partition coefficient (Wildman–Crippen LogP) is 2.20. The number of hydrogen-bond donors (Lipinski definition) is 2. The van der Waals surface area contributed by atoms with Crippen molar-refractivity contribution < 1.29 is 18.0 Å². The number of benzene rings is 2. The minimum Gasteiger partial charge on any atom is -0.326 e. The average Bonchev–Trinajstić information content (AvgIpc) is 3.04. The Bertz CT molecular complexity index is 1020. The van der Waals surface area contributed by atoms with Gasteiger partial charge >= 0.3 is 0 Å². The molecule has 1 aliphatic heterocycles. The van der Waals surface area contributed by atoms with E-state index in [1.165, 1.54) is 11.6 Å². The molecule has 148 valence electrons. The second-order valence-corrected chi connectivity index (χ2v) is 8.47. The van der Waals surface area contributed by atoms with Crippen molar-refractivity contribution in [2.45, 2.75) is 31.6 Å². The summed E-state index contributed by atoms with van der Waals surface area (Å²) in [5.41, 5.74) is 2.77. The smallest absolute Gasteiger partial charge is 0.238 e. The van der Waals surface area contributed by atoms with Crippen molar-refractivity contribution in [2.24, 2.45) is 11.1 Å². The van der Waals surface area contributed by atoms with Gasteiger partial charge in [0, 0.05) is 24.3 Å². The Labute approximate surface area is 164 Å². The first-order valence-electron chi connectivity index (χ1n) is 9.02. The molecule has 2 amide bonds. The van der Waals surface area contributed by atoms with E-state index < -0.39 is 15.9 Å². The number of carbonyl (C=O) groups is 2. The topological polar surface area (TPSA) is 110 Å². The Morgan fingerprint density at radius 2 is 1.89 bits per heavy atom. The fourth-order valence-electron chi connectivity index (χ4n) is 3.27. The van der Waals surface area contributed by atoms with Crippen molar-refractivity contribution in [1.82, 2.24) is 0 Å². The molecule has 1 saturated heterocycles. The van der Waals surface area contributed by atoms with Gasteiger partial charge in [-0.25, -0.2) is 13.6 Å². The maximum atomic E-state index is 12.6. The Morgan fingerprint density at radius 1 is 1.21 bits per heavy atom. The van der Waals surface area contributed by atoms with Crippen molar-refractivity contribution >= 4 is 33.2 Å². The molecule has 2 aromatic carbocycles. The highest BCUT2D eigenvalue weighted by atomic mass is 32.2. The van der Waals surface area contributed by atoms with Gasteiger partial charge in [0.25, 0.3) is 0 Å². The number of nitrogens with two attached hydrogens (primary N) is 1. The molecular formula is C20H23N3O4S. The van der Waals surface area contributed by atoms with E-state index in [0.29, 0.717) is 11.3 Å². The second-order valence-electron chi connectivity index (χ2n) is 6.94. The zero-order valence-electron chi connectivity index (χ0n) is 15.8. The molecule has 1 atom stereocenters. The van der Waals surface area contributed by atoms with Gasteiger partial charge in [-0.3, -0.25) is 9.59 Å². The maximum Gasteiger partial charge on any atom is 0.238 e. The summed E-state index contributed by atoms with van der Waals surface area (Å²) in [6.07, 6.45) is 1.02. The Hall–Kier alpha value is -2.71. The van der Waals surface area contributed by atoms with Gasteiger partial charge in [-0.1, -0.05) is 25.1 Å². The summed E-state index contributed by atoms with van der Waals surface area (Å²) in [5.74, 6) is -0.957. The molecule has 1 fully saturated rings. The van der Waals surface area contributed by atoms with Gasteiger partial charge < -0.3 is 10.2 Å². The fraction of sp³-hybridized carbons (Fsp3) is 0.300. The molecule has 3 rings (SSSR count). The lowest BCUT2D eigenvalue weighted by Crippen LogP contribution is -2.28. The van der Waals surface area contributed by atoms with Gasteiger partial charge in [-0.05, 0) is 48.7 Å². The first kappa shape index (κ1) is 20.0. The molecule has 28 heavy (non-hydrogen) atoms. The zero-order valence-corrected chi connectivity index (χ0v) is 16.6. The van der Waals surface area contributed by atoms with Crippen LogP contribution in [-0.2, 0) is 26.0 Å². The number of aryl methyl sites for hydroxylation is 2. The molecule has 8 heteroatoms. The highest BCUT2D eigenvalue weighted by molar-refractivity contribution is 7.89. The van der Waals surface area contributed by atoms with Crippen molar-refractivity contribution in [3.05, 3.63) is 53.6 Å². The molecule has 3 N–H and O–H groups in total. The van der Waals surface area contributed by atoms with E-state index in [9.17, 15) is 18.0 Å². The lowest BCUT2D eigenvalue weighted by molar-refractivity contribution is -0.122. The molecular weight excluding hydrogens is 378 g/mol. The van der Waals surface area contributed by atoms with E-state index in [-0.39, 0.29) is 29.7 Å². The minimum atomic E-state index is -3.88. The van der Waals surface area contributed by atoms with Crippen molar-refractivity contribution in [2.75, 3.05) is 16.8 Å². The van der Waals surface area contributed by atoms with E-state index >= 15 is 0 Å². The molecule has 0 saturated carbocycles. The molecule has 0 radical (unpaired) electrons. The summed E-state index contributed by atoms with van der Waals surface area (Å²) in [6.45, 7) is 3.97. The van der Waals surface area contributed by atoms with Crippen LogP contribution in [0.25, 0.3) is 0 Å². The van der Waals surface area contributed by atoms with Crippen LogP contribution in [0.5, 0.6) is 0 Å². The highest BCUT2D eigenvalue weighted by Gasteiger charge is 2.35. The molecule has 0 aliphatic carbocycles. The van der Waals surface area contributed by atoms with E-state index in [0.717, 1.165) is 12.1 Å². The van der Waals surface area contributed by atoms with Crippen molar-refractivity contribution in [3.63, 3.8) is 0 Å². The first-order valence-corrected chi connectivity index (χ1v) is 10.6. The van der Waals surface area contributed by atoms with Crippen LogP contribution in [0.3, 0.4) is 0 Å². The van der Waals surface area contributed by atoms with Gasteiger partial charge in [0.1, 0.15) is 0 Å². The quantitative estimate of drug-likeness (QED) is 0.800. The first-order chi connectivity index (χ1) is 13.2. The third-order valence-electron chi connectivity index (χ3n) is 4.91. The van der Waals surface area contributed by atoms with E-state index in [2.05, 4.69) is 12.2 Å². The number of primary sulfonamides is 1. The normalized spacial score (nSPS) is 17.0. The summed E-state index contributed by atoms with van der Waals surface area (Å²) >= 11 is 0. The third-order valence-corrected chi connectivity index (χ3v) is 5.97. The molecule has 0 unspecified atom stereocenters. The summed E-state index contributed by atoms with van der Waals surface area (Å²) in [7, 11) is -3.88. The number of hydrogen-bond acceptors (Lipinski definition) is 4. The van der Waals surface area contributed by atoms with Crippen molar-refractivity contribution in [3.8, 4) is 0 Å². The number of anilines is 2. The zero-order chi connectivity index (χ0) is 20.5. The van der Waals surface area contributed by atoms with Crippen LogP contribution in [0.2, 0.25) is 0 Å². The van der Waals surface area contributed by atoms with Crippen LogP contribution < -0.4 is 15.4 Å². The monoisotopic (exact) mass is 401 g/mol. The predicted molar refractivity (Wildman–Crippen MR) is 107 cm³/mol. The van der Waals surface area contributed by atoms with Crippen LogP contribution in [0, 0.1) is 12.8 Å². The van der Waals surface area contributed by atoms with Gasteiger partial charge in [-0.2, -0.15) is 0 Å². The second kappa shape index (κ2) is 7.73. The lowest BCUT2D eigenvalue weighted by Gasteiger charge is -2.17. The number of carbonyl (C=O) groups excluding carboxylic acids is 2. The van der Waals surface area contributed by atoms with Crippen LogP contribution in [0.1, 0.15) is 24.5 Å². The Balaban J connectivity index is 1.73. The van der Waals surface area contributed by atoms with Gasteiger partial charge in [0.15, 0.2) is 0 Å². The summed E-state index contributed by atoms with van der Waals surface area (Å²) < 4.78 is 23.3. The van der Waals surface area contributed by atoms with Gasteiger partial charge in [0.05, 0.1) is 10.8 Å². The Morgan fingerprint density at radius 3 is 2.50 bits per heavy atom. The average molecular weight is 401 g/mol. The van der Waals surface area contributed by atoms with E-state index in [1.54, 1.807) is 24.0 Å². The van der Waals surface area contributed by atoms with E-state index in [4.69, 9.17) is 5.14 Å². The minimum absolute atomic E-state index is 0.0366. The number of nitrogens with one attached hydrogen (secondary N) is 1. The SMILES string of the molecule is CCc1ccc(N2C[C@@H](C(=O)Nc3ccc(C)c(S(N)(=O)=O)c3)CC2=O)cc1. The van der Waals surface area contributed by atoms with Crippen LogP contribution in [0.4, 0.5) is 11.4 Å². The van der Waals surface area contributed by atoms with Crippen LogP contribution >= 0.6 is 0 Å². The van der Waals surface area contributed by atoms with Gasteiger partial charge in [-0.15, -0.1) is 0 Å². The van der Waals surface area contributed by atoms with Crippen molar-refractivity contribution in [1.29, 1.82) is 0 Å². The van der Waals surface area contributed by atoms with Gasteiger partial charge in [0.2, 0.25) is 21.8 Å².